The van der Waals surface area contributed by atoms with Crippen molar-refractivity contribution in [1.29, 1.82) is 0 Å². The topological polar surface area (TPSA) is 89.6 Å². The molecular weight excluding hydrogens is 316 g/mol. The van der Waals surface area contributed by atoms with Crippen LogP contribution in [0.25, 0.3) is 39.2 Å². The molecule has 122 valence electrons. The molecule has 0 bridgehead atoms. The van der Waals surface area contributed by atoms with Crippen LogP contribution in [0.5, 0.6) is 0 Å². The van der Waals surface area contributed by atoms with Crippen molar-refractivity contribution in [3.8, 4) is 22.5 Å². The second-order valence-electron chi connectivity index (χ2n) is 5.95. The van der Waals surface area contributed by atoms with E-state index in [0.717, 1.165) is 44.9 Å². The molecule has 0 spiro atoms. The average molecular weight is 330 g/mol. The number of hydrogen-bond acceptors (Lipinski definition) is 5. The Morgan fingerprint density at radius 2 is 2.04 bits per heavy atom. The molecule has 0 unspecified atom stereocenters. The summed E-state index contributed by atoms with van der Waals surface area (Å²) in [5.74, 6) is 0. The highest BCUT2D eigenvalue weighted by Crippen LogP contribution is 2.33. The Morgan fingerprint density at radius 3 is 2.88 bits per heavy atom. The summed E-state index contributed by atoms with van der Waals surface area (Å²) in [6.45, 7) is 1.95. The molecule has 8 heteroatoms. The van der Waals surface area contributed by atoms with E-state index in [2.05, 4.69) is 30.1 Å². The summed E-state index contributed by atoms with van der Waals surface area (Å²) < 4.78 is 3.55. The molecule has 0 atom stereocenters. The number of nitrogens with zero attached hydrogens (tertiary/aromatic N) is 7. The van der Waals surface area contributed by atoms with Crippen molar-refractivity contribution in [2.24, 2.45) is 7.05 Å². The van der Waals surface area contributed by atoms with Gasteiger partial charge in [0.25, 0.3) is 0 Å². The molecule has 5 heterocycles. The van der Waals surface area contributed by atoms with Gasteiger partial charge < -0.3 is 4.98 Å². The van der Waals surface area contributed by atoms with Crippen LogP contribution in [0.15, 0.2) is 43.2 Å². The van der Waals surface area contributed by atoms with E-state index in [9.17, 15) is 0 Å². The zero-order valence-electron chi connectivity index (χ0n) is 13.7. The van der Waals surface area contributed by atoms with Gasteiger partial charge in [0.05, 0.1) is 34.9 Å². The number of nitrogens with one attached hydrogen (secondary N) is 1. The van der Waals surface area contributed by atoms with Crippen LogP contribution in [0.3, 0.4) is 0 Å². The van der Waals surface area contributed by atoms with Crippen molar-refractivity contribution >= 4 is 16.7 Å². The molecule has 0 radical (unpaired) electrons. The summed E-state index contributed by atoms with van der Waals surface area (Å²) in [5.41, 5.74) is 6.08. The van der Waals surface area contributed by atoms with Gasteiger partial charge in [-0.3, -0.25) is 4.68 Å². The van der Waals surface area contributed by atoms with Crippen LogP contribution in [-0.2, 0) is 7.05 Å². The van der Waals surface area contributed by atoms with Crippen molar-refractivity contribution < 1.29 is 0 Å². The summed E-state index contributed by atoms with van der Waals surface area (Å²) >= 11 is 0. The van der Waals surface area contributed by atoms with Gasteiger partial charge in [0.1, 0.15) is 12.0 Å². The molecule has 0 saturated carbocycles. The molecule has 0 amide bonds. The lowest BCUT2D eigenvalue weighted by atomic mass is 10.1. The number of aryl methyl sites for hydroxylation is 2. The first kappa shape index (κ1) is 13.8. The first-order chi connectivity index (χ1) is 12.2. The zero-order chi connectivity index (χ0) is 17.0. The predicted octanol–water partition coefficient (Wildman–Crippen LogP) is 2.38. The number of H-pyrrole nitrogens is 1. The van der Waals surface area contributed by atoms with E-state index < -0.39 is 0 Å². The lowest BCUT2D eigenvalue weighted by Gasteiger charge is -2.03. The second-order valence-corrected chi connectivity index (χ2v) is 5.95. The Morgan fingerprint density at radius 1 is 1.12 bits per heavy atom. The standard InChI is InChI=1S/C17H14N8/c1-10-7-25-14(22-10)4-3-13(23-25)12-6-18-17-15(12)16(19-9-20-17)11-5-21-24(2)8-11/h3-9H,1-2H3,(H,18,19,20). The van der Waals surface area contributed by atoms with E-state index in [4.69, 9.17) is 0 Å². The van der Waals surface area contributed by atoms with Crippen LogP contribution in [0.4, 0.5) is 0 Å². The van der Waals surface area contributed by atoms with Crippen molar-refractivity contribution in [3.05, 3.63) is 48.9 Å². The number of imidazole rings is 1. The number of rotatable bonds is 2. The lowest BCUT2D eigenvalue weighted by Crippen LogP contribution is -1.94. The van der Waals surface area contributed by atoms with Gasteiger partial charge in [-0.1, -0.05) is 0 Å². The summed E-state index contributed by atoms with van der Waals surface area (Å²) in [4.78, 5) is 16.5. The highest BCUT2D eigenvalue weighted by molar-refractivity contribution is 6.01. The van der Waals surface area contributed by atoms with Crippen LogP contribution in [0.1, 0.15) is 5.69 Å². The molecule has 5 aromatic rings. The van der Waals surface area contributed by atoms with Gasteiger partial charge in [0, 0.05) is 30.6 Å². The lowest BCUT2D eigenvalue weighted by molar-refractivity contribution is 0.768. The molecule has 0 fully saturated rings. The molecule has 8 nitrogen and oxygen atoms in total. The summed E-state index contributed by atoms with van der Waals surface area (Å²) in [6, 6.07) is 3.92. The predicted molar refractivity (Wildman–Crippen MR) is 92.8 cm³/mol. The Bertz CT molecular complexity index is 1230. The Labute approximate surface area is 142 Å². The summed E-state index contributed by atoms with van der Waals surface area (Å²) in [7, 11) is 1.89. The minimum atomic E-state index is 0.771. The molecule has 0 aliphatic heterocycles. The van der Waals surface area contributed by atoms with Crippen molar-refractivity contribution in [1.82, 2.24) is 39.3 Å². The zero-order valence-corrected chi connectivity index (χ0v) is 13.7. The third-order valence-corrected chi connectivity index (χ3v) is 4.16. The van der Waals surface area contributed by atoms with Crippen LogP contribution in [-0.4, -0.2) is 39.3 Å². The Hall–Kier alpha value is -3.55. The largest absolute Gasteiger partial charge is 0.345 e. The minimum Gasteiger partial charge on any atom is -0.345 e. The second kappa shape index (κ2) is 4.97. The van der Waals surface area contributed by atoms with E-state index in [0.29, 0.717) is 0 Å². The van der Waals surface area contributed by atoms with Gasteiger partial charge in [-0.05, 0) is 19.1 Å². The molecule has 0 aliphatic carbocycles. The summed E-state index contributed by atoms with van der Waals surface area (Å²) in [6.07, 6.45) is 9.12. The first-order valence-electron chi connectivity index (χ1n) is 7.83. The molecule has 25 heavy (non-hydrogen) atoms. The highest BCUT2D eigenvalue weighted by atomic mass is 15.3. The minimum absolute atomic E-state index is 0.771. The Kier molecular flexibility index (Phi) is 2.75. The van der Waals surface area contributed by atoms with E-state index in [1.807, 2.05) is 44.7 Å². The van der Waals surface area contributed by atoms with E-state index >= 15 is 0 Å². The van der Waals surface area contributed by atoms with Crippen LogP contribution in [0, 0.1) is 6.92 Å². The fourth-order valence-electron chi connectivity index (χ4n) is 3.07. The monoisotopic (exact) mass is 330 g/mol. The molecule has 1 N–H and O–H groups in total. The molecule has 0 saturated heterocycles. The van der Waals surface area contributed by atoms with Gasteiger partial charge >= 0.3 is 0 Å². The fraction of sp³-hybridized carbons (Fsp3) is 0.118. The van der Waals surface area contributed by atoms with E-state index in [1.54, 1.807) is 21.7 Å². The quantitative estimate of drug-likeness (QED) is 0.537. The Balaban J connectivity index is 1.78. The fourth-order valence-corrected chi connectivity index (χ4v) is 3.07. The van der Waals surface area contributed by atoms with Crippen LogP contribution in [0.2, 0.25) is 0 Å². The average Bonchev–Trinajstić information content (AvgIpc) is 3.30. The number of hydrogen-bond donors (Lipinski definition) is 1. The molecule has 5 aromatic heterocycles. The first-order valence-corrected chi connectivity index (χ1v) is 7.83. The molecule has 0 aromatic carbocycles. The van der Waals surface area contributed by atoms with E-state index in [1.165, 1.54) is 0 Å². The third kappa shape index (κ3) is 2.11. The number of aromatic amines is 1. The highest BCUT2D eigenvalue weighted by Gasteiger charge is 2.16. The van der Waals surface area contributed by atoms with Crippen molar-refractivity contribution in [2.75, 3.05) is 0 Å². The SMILES string of the molecule is Cc1cn2nc(-c3c[nH]c4ncnc(-c5cnn(C)c5)c34)ccc2n1. The normalized spacial score (nSPS) is 11.6. The van der Waals surface area contributed by atoms with Crippen LogP contribution >= 0.6 is 0 Å². The van der Waals surface area contributed by atoms with Crippen molar-refractivity contribution in [2.45, 2.75) is 6.92 Å². The number of aromatic nitrogens is 8. The van der Waals surface area contributed by atoms with Crippen molar-refractivity contribution in [3.63, 3.8) is 0 Å². The maximum atomic E-state index is 4.69. The van der Waals surface area contributed by atoms with Crippen LogP contribution < -0.4 is 0 Å². The van der Waals surface area contributed by atoms with Gasteiger partial charge in [0.2, 0.25) is 0 Å². The van der Waals surface area contributed by atoms with Gasteiger partial charge in [-0.25, -0.2) is 19.5 Å². The molecular formula is C17H14N8. The van der Waals surface area contributed by atoms with Gasteiger partial charge in [-0.15, -0.1) is 0 Å². The van der Waals surface area contributed by atoms with Gasteiger partial charge in [-0.2, -0.15) is 10.2 Å². The maximum absolute atomic E-state index is 4.69. The number of fused-ring (bicyclic) bond motifs is 2. The summed E-state index contributed by atoms with van der Waals surface area (Å²) in [5, 5.41) is 9.86. The maximum Gasteiger partial charge on any atom is 0.153 e. The van der Waals surface area contributed by atoms with Gasteiger partial charge in [0.15, 0.2) is 5.65 Å². The smallest absolute Gasteiger partial charge is 0.153 e. The van der Waals surface area contributed by atoms with E-state index in [-0.39, 0.29) is 0 Å². The molecule has 0 aliphatic rings. The molecule has 5 rings (SSSR count). The third-order valence-electron chi connectivity index (χ3n) is 4.16.